The zero-order valence-electron chi connectivity index (χ0n) is 16.6. The summed E-state index contributed by atoms with van der Waals surface area (Å²) < 4.78 is 20.4. The Kier molecular flexibility index (Phi) is 5.76. The standard InChI is InChI=1S/C20H22N2O7/c1-10-17(19(24)26-4)12(3)22-18(10)20(25)27-8-16(23)21-11(2)13-5-6-14-15(7-13)29-9-28-14/h5-7,11,22H,8-9H2,1-4H3,(H,21,23)/t11-/m0/s1. The van der Waals surface area contributed by atoms with Crippen molar-refractivity contribution in [2.24, 2.45) is 0 Å². The molecule has 1 amide bonds. The number of benzene rings is 1. The van der Waals surface area contributed by atoms with Crippen molar-refractivity contribution in [1.82, 2.24) is 10.3 Å². The Morgan fingerprint density at radius 3 is 2.62 bits per heavy atom. The summed E-state index contributed by atoms with van der Waals surface area (Å²) in [5.41, 5.74) is 2.11. The fraction of sp³-hybridized carbons (Fsp3) is 0.350. The van der Waals surface area contributed by atoms with E-state index in [2.05, 4.69) is 10.3 Å². The van der Waals surface area contributed by atoms with Crippen molar-refractivity contribution < 1.29 is 33.3 Å². The molecular formula is C20H22N2O7. The third-order valence-electron chi connectivity index (χ3n) is 4.64. The second-order valence-corrected chi connectivity index (χ2v) is 6.59. The minimum atomic E-state index is -0.730. The Morgan fingerprint density at radius 2 is 1.90 bits per heavy atom. The van der Waals surface area contributed by atoms with Crippen LogP contribution < -0.4 is 14.8 Å². The lowest BCUT2D eigenvalue weighted by molar-refractivity contribution is -0.124. The molecule has 0 saturated carbocycles. The van der Waals surface area contributed by atoms with Gasteiger partial charge in [-0.05, 0) is 44.0 Å². The van der Waals surface area contributed by atoms with Crippen molar-refractivity contribution in [2.45, 2.75) is 26.8 Å². The van der Waals surface area contributed by atoms with Crippen LogP contribution in [0.2, 0.25) is 0 Å². The highest BCUT2D eigenvalue weighted by molar-refractivity contribution is 5.99. The molecule has 0 radical (unpaired) electrons. The summed E-state index contributed by atoms with van der Waals surface area (Å²) in [6, 6.07) is 5.06. The lowest BCUT2D eigenvalue weighted by atomic mass is 10.1. The number of H-pyrrole nitrogens is 1. The summed E-state index contributed by atoms with van der Waals surface area (Å²) in [5.74, 6) is -0.465. The van der Waals surface area contributed by atoms with Crippen LogP contribution in [-0.4, -0.2) is 43.3 Å². The number of hydrogen-bond acceptors (Lipinski definition) is 7. The van der Waals surface area contributed by atoms with Gasteiger partial charge in [-0.1, -0.05) is 6.07 Å². The highest BCUT2D eigenvalue weighted by Gasteiger charge is 2.24. The number of aryl methyl sites for hydroxylation is 1. The van der Waals surface area contributed by atoms with Gasteiger partial charge in [0.05, 0.1) is 18.7 Å². The van der Waals surface area contributed by atoms with Gasteiger partial charge in [-0.25, -0.2) is 9.59 Å². The number of esters is 2. The van der Waals surface area contributed by atoms with E-state index in [1.54, 1.807) is 32.9 Å². The number of hydrogen-bond donors (Lipinski definition) is 2. The maximum absolute atomic E-state index is 12.3. The van der Waals surface area contributed by atoms with Gasteiger partial charge in [-0.3, -0.25) is 4.79 Å². The molecule has 9 heteroatoms. The van der Waals surface area contributed by atoms with Crippen LogP contribution in [0.15, 0.2) is 18.2 Å². The summed E-state index contributed by atoms with van der Waals surface area (Å²) in [7, 11) is 1.26. The molecule has 0 aliphatic carbocycles. The summed E-state index contributed by atoms with van der Waals surface area (Å²) in [6.07, 6.45) is 0. The number of amides is 1. The molecule has 0 unspecified atom stereocenters. The highest BCUT2D eigenvalue weighted by atomic mass is 16.7. The molecule has 154 valence electrons. The van der Waals surface area contributed by atoms with Crippen LogP contribution >= 0.6 is 0 Å². The smallest absolute Gasteiger partial charge is 0.355 e. The van der Waals surface area contributed by atoms with Crippen molar-refractivity contribution in [3.63, 3.8) is 0 Å². The van der Waals surface area contributed by atoms with Gasteiger partial charge in [0, 0.05) is 5.69 Å². The van der Waals surface area contributed by atoms with E-state index in [0.717, 1.165) is 5.56 Å². The molecule has 0 saturated heterocycles. The molecule has 1 aliphatic rings. The zero-order chi connectivity index (χ0) is 21.1. The first-order valence-electron chi connectivity index (χ1n) is 8.95. The number of carbonyl (C=O) groups excluding carboxylic acids is 3. The van der Waals surface area contributed by atoms with E-state index in [1.807, 2.05) is 6.07 Å². The van der Waals surface area contributed by atoms with Crippen LogP contribution in [0.1, 0.15) is 50.6 Å². The van der Waals surface area contributed by atoms with Crippen molar-refractivity contribution >= 4 is 17.8 Å². The Bertz CT molecular complexity index is 964. The van der Waals surface area contributed by atoms with Gasteiger partial charge in [-0.15, -0.1) is 0 Å². The number of fused-ring (bicyclic) bond motifs is 1. The second kappa shape index (κ2) is 8.26. The van der Waals surface area contributed by atoms with Crippen molar-refractivity contribution in [2.75, 3.05) is 20.5 Å². The topological polar surface area (TPSA) is 116 Å². The Hall–Kier alpha value is -3.49. The first-order chi connectivity index (χ1) is 13.8. The van der Waals surface area contributed by atoms with Gasteiger partial charge in [0.2, 0.25) is 6.79 Å². The van der Waals surface area contributed by atoms with Gasteiger partial charge in [0.1, 0.15) is 5.69 Å². The predicted octanol–water partition coefficient (Wildman–Crippen LogP) is 2.18. The largest absolute Gasteiger partial charge is 0.465 e. The van der Waals surface area contributed by atoms with Crippen molar-refractivity contribution in [1.29, 1.82) is 0 Å². The van der Waals surface area contributed by atoms with Crippen LogP contribution in [0.5, 0.6) is 11.5 Å². The predicted molar refractivity (Wildman–Crippen MR) is 101 cm³/mol. The molecule has 2 heterocycles. The minimum Gasteiger partial charge on any atom is -0.465 e. The highest BCUT2D eigenvalue weighted by Crippen LogP contribution is 2.34. The monoisotopic (exact) mass is 402 g/mol. The van der Waals surface area contributed by atoms with E-state index < -0.39 is 24.5 Å². The summed E-state index contributed by atoms with van der Waals surface area (Å²) in [6.45, 7) is 4.77. The third-order valence-corrected chi connectivity index (χ3v) is 4.64. The molecule has 0 fully saturated rings. The molecule has 0 bridgehead atoms. The minimum absolute atomic E-state index is 0.111. The molecule has 2 N–H and O–H groups in total. The molecule has 29 heavy (non-hydrogen) atoms. The lowest BCUT2D eigenvalue weighted by Crippen LogP contribution is -2.31. The number of aromatic amines is 1. The third kappa shape index (κ3) is 4.18. The van der Waals surface area contributed by atoms with Gasteiger partial charge in [0.25, 0.3) is 5.91 Å². The SMILES string of the molecule is COC(=O)c1c(C)[nH]c(C(=O)OCC(=O)N[C@@H](C)c2ccc3c(c2)OCO3)c1C. The van der Waals surface area contributed by atoms with Crippen molar-refractivity contribution in [3.8, 4) is 11.5 Å². The van der Waals surface area contributed by atoms with Crippen molar-refractivity contribution in [3.05, 3.63) is 46.3 Å². The number of rotatable bonds is 6. The second-order valence-electron chi connectivity index (χ2n) is 6.59. The lowest BCUT2D eigenvalue weighted by Gasteiger charge is -2.15. The fourth-order valence-corrected chi connectivity index (χ4v) is 3.11. The molecule has 1 atom stereocenters. The number of ether oxygens (including phenoxy) is 4. The molecule has 0 spiro atoms. The van der Waals surface area contributed by atoms with Gasteiger partial charge in [0.15, 0.2) is 18.1 Å². The first kappa shape index (κ1) is 20.2. The average molecular weight is 402 g/mol. The van der Waals surface area contributed by atoms with E-state index in [9.17, 15) is 14.4 Å². The first-order valence-corrected chi connectivity index (χ1v) is 8.95. The van der Waals surface area contributed by atoms with Crippen LogP contribution in [0.25, 0.3) is 0 Å². The molecule has 3 rings (SSSR count). The van der Waals surface area contributed by atoms with Gasteiger partial charge >= 0.3 is 11.9 Å². The summed E-state index contributed by atoms with van der Waals surface area (Å²) in [4.78, 5) is 39.1. The number of aromatic nitrogens is 1. The number of carbonyl (C=O) groups is 3. The summed E-state index contributed by atoms with van der Waals surface area (Å²) >= 11 is 0. The molecule has 1 aliphatic heterocycles. The number of methoxy groups -OCH3 is 1. The average Bonchev–Trinajstić information content (AvgIpc) is 3.28. The van der Waals surface area contributed by atoms with E-state index in [0.29, 0.717) is 22.8 Å². The number of nitrogens with one attached hydrogen (secondary N) is 2. The van der Waals surface area contributed by atoms with E-state index in [4.69, 9.17) is 18.9 Å². The van der Waals surface area contributed by atoms with Gasteiger partial charge < -0.3 is 29.2 Å². The van der Waals surface area contributed by atoms with Crippen LogP contribution in [-0.2, 0) is 14.3 Å². The van der Waals surface area contributed by atoms with E-state index in [-0.39, 0.29) is 24.1 Å². The van der Waals surface area contributed by atoms with Gasteiger partial charge in [-0.2, -0.15) is 0 Å². The molecule has 2 aromatic rings. The maximum Gasteiger partial charge on any atom is 0.355 e. The molecule has 9 nitrogen and oxygen atoms in total. The Morgan fingerprint density at radius 1 is 1.17 bits per heavy atom. The Labute approximate surface area is 167 Å². The molecule has 1 aromatic carbocycles. The summed E-state index contributed by atoms with van der Waals surface area (Å²) in [5, 5.41) is 2.76. The maximum atomic E-state index is 12.3. The van der Waals surface area contributed by atoms with Crippen LogP contribution in [0.4, 0.5) is 0 Å². The normalized spacial score (nSPS) is 13.0. The molecule has 1 aromatic heterocycles. The zero-order valence-corrected chi connectivity index (χ0v) is 16.6. The quantitative estimate of drug-likeness (QED) is 0.712. The fourth-order valence-electron chi connectivity index (χ4n) is 3.11. The van der Waals surface area contributed by atoms with Crippen LogP contribution in [0.3, 0.4) is 0 Å². The Balaban J connectivity index is 1.58. The van der Waals surface area contributed by atoms with Crippen LogP contribution in [0, 0.1) is 13.8 Å². The van der Waals surface area contributed by atoms with E-state index >= 15 is 0 Å². The molecular weight excluding hydrogens is 380 g/mol. The van der Waals surface area contributed by atoms with E-state index in [1.165, 1.54) is 7.11 Å².